The molecule has 1 atom stereocenters. The van der Waals surface area contributed by atoms with Crippen LogP contribution in [0.2, 0.25) is 0 Å². The second kappa shape index (κ2) is 6.00. The molecule has 20 heavy (non-hydrogen) atoms. The number of anilines is 1. The number of non-ortho nitro benzene ring substituents is 1. The van der Waals surface area contributed by atoms with Crippen LogP contribution in [0.5, 0.6) is 0 Å². The van der Waals surface area contributed by atoms with E-state index in [4.69, 9.17) is 0 Å². The lowest BCUT2D eigenvalue weighted by atomic mass is 10.1. The molecule has 0 saturated carbocycles. The second-order valence-corrected chi connectivity index (χ2v) is 5.29. The maximum Gasteiger partial charge on any atom is 0.269 e. The number of aryl methyl sites for hydroxylation is 1. The first-order chi connectivity index (χ1) is 9.47. The van der Waals surface area contributed by atoms with Crippen molar-refractivity contribution in [1.29, 1.82) is 0 Å². The molecule has 0 aliphatic heterocycles. The van der Waals surface area contributed by atoms with Gasteiger partial charge < -0.3 is 5.32 Å². The Kier molecular flexibility index (Phi) is 4.34. The number of nitro groups is 1. The maximum atomic E-state index is 10.6. The number of hydrogen-bond donors (Lipinski definition) is 1. The van der Waals surface area contributed by atoms with Crippen LogP contribution in [0.3, 0.4) is 0 Å². The zero-order valence-electron chi connectivity index (χ0n) is 11.1. The molecule has 1 aromatic heterocycles. The molecule has 0 spiro atoms. The Balaban J connectivity index is 2.15. The fourth-order valence-electron chi connectivity index (χ4n) is 1.88. The number of nitro benzene ring substituents is 1. The summed E-state index contributed by atoms with van der Waals surface area (Å²) in [5.74, 6) is 0. The lowest BCUT2D eigenvalue weighted by molar-refractivity contribution is -0.384. The van der Waals surface area contributed by atoms with Gasteiger partial charge in [-0.1, -0.05) is 12.1 Å². The van der Waals surface area contributed by atoms with Crippen molar-refractivity contribution in [3.8, 4) is 0 Å². The Morgan fingerprint density at radius 3 is 2.45 bits per heavy atom. The predicted molar refractivity (Wildman–Crippen MR) is 81.8 cm³/mol. The third kappa shape index (κ3) is 3.33. The number of pyridine rings is 1. The summed E-state index contributed by atoms with van der Waals surface area (Å²) in [6.07, 6.45) is 0. The molecular formula is C14H14BrN3O2. The molecule has 1 aromatic carbocycles. The van der Waals surface area contributed by atoms with Crippen LogP contribution in [0.15, 0.2) is 41.0 Å². The molecule has 0 fully saturated rings. The van der Waals surface area contributed by atoms with Crippen LogP contribution in [0.25, 0.3) is 0 Å². The summed E-state index contributed by atoms with van der Waals surface area (Å²) in [7, 11) is 0. The van der Waals surface area contributed by atoms with Crippen LogP contribution < -0.4 is 5.32 Å². The van der Waals surface area contributed by atoms with Gasteiger partial charge in [0, 0.05) is 18.2 Å². The number of aromatic nitrogens is 1. The summed E-state index contributed by atoms with van der Waals surface area (Å²) in [5, 5.41) is 14.0. The van der Waals surface area contributed by atoms with Crippen LogP contribution in [0.1, 0.15) is 24.2 Å². The number of nitrogens with one attached hydrogen (secondary N) is 1. The molecule has 0 amide bonds. The fourth-order valence-corrected chi connectivity index (χ4v) is 2.28. The van der Waals surface area contributed by atoms with Gasteiger partial charge >= 0.3 is 0 Å². The number of rotatable bonds is 4. The average Bonchev–Trinajstić information content (AvgIpc) is 2.42. The van der Waals surface area contributed by atoms with Crippen LogP contribution in [0.4, 0.5) is 11.4 Å². The molecule has 1 unspecified atom stereocenters. The SMILES string of the molecule is Cc1nc(Br)ccc1NC(C)c1ccc([N+](=O)[O-])cc1. The molecule has 0 aliphatic carbocycles. The standard InChI is InChI=1S/C14H14BrN3O2/c1-9(11-3-5-12(6-4-11)18(19)20)16-13-7-8-14(15)17-10(13)2/h3-9,16H,1-2H3. The Morgan fingerprint density at radius 1 is 1.25 bits per heavy atom. The molecule has 6 heteroatoms. The highest BCUT2D eigenvalue weighted by Crippen LogP contribution is 2.24. The molecule has 2 aromatic rings. The van der Waals surface area contributed by atoms with E-state index in [1.807, 2.05) is 26.0 Å². The molecule has 0 bridgehead atoms. The normalized spacial score (nSPS) is 11.9. The third-order valence-corrected chi connectivity index (χ3v) is 3.47. The molecule has 5 nitrogen and oxygen atoms in total. The Hall–Kier alpha value is -1.95. The number of nitrogens with zero attached hydrogens (tertiary/aromatic N) is 2. The van der Waals surface area contributed by atoms with Crippen molar-refractivity contribution < 1.29 is 4.92 Å². The minimum Gasteiger partial charge on any atom is -0.377 e. The van der Waals surface area contributed by atoms with Gasteiger partial charge in [0.1, 0.15) is 4.60 Å². The van der Waals surface area contributed by atoms with Crippen molar-refractivity contribution >= 4 is 27.3 Å². The zero-order valence-corrected chi connectivity index (χ0v) is 12.7. The highest BCUT2D eigenvalue weighted by molar-refractivity contribution is 9.10. The summed E-state index contributed by atoms with van der Waals surface area (Å²) in [4.78, 5) is 14.6. The molecule has 0 radical (unpaired) electrons. The van der Waals surface area contributed by atoms with Crippen molar-refractivity contribution in [2.45, 2.75) is 19.9 Å². The molecular weight excluding hydrogens is 322 g/mol. The molecule has 2 rings (SSSR count). The largest absolute Gasteiger partial charge is 0.377 e. The van der Waals surface area contributed by atoms with E-state index in [1.54, 1.807) is 12.1 Å². The van der Waals surface area contributed by atoms with Crippen LogP contribution in [-0.4, -0.2) is 9.91 Å². The van der Waals surface area contributed by atoms with Crippen molar-refractivity contribution in [2.24, 2.45) is 0 Å². The van der Waals surface area contributed by atoms with Crippen molar-refractivity contribution in [3.05, 3.63) is 62.4 Å². The van der Waals surface area contributed by atoms with Gasteiger partial charge in [-0.25, -0.2) is 4.98 Å². The summed E-state index contributed by atoms with van der Waals surface area (Å²) in [6.45, 7) is 3.93. The van der Waals surface area contributed by atoms with E-state index < -0.39 is 4.92 Å². The zero-order chi connectivity index (χ0) is 14.7. The van der Waals surface area contributed by atoms with Gasteiger partial charge in [-0.3, -0.25) is 10.1 Å². The van der Waals surface area contributed by atoms with E-state index in [1.165, 1.54) is 12.1 Å². The third-order valence-electron chi connectivity index (χ3n) is 3.03. The Bertz CT molecular complexity index is 629. The maximum absolute atomic E-state index is 10.6. The lowest BCUT2D eigenvalue weighted by Gasteiger charge is -2.17. The van der Waals surface area contributed by atoms with Gasteiger partial charge in [0.25, 0.3) is 5.69 Å². The van der Waals surface area contributed by atoms with Crippen molar-refractivity contribution in [1.82, 2.24) is 4.98 Å². The van der Waals surface area contributed by atoms with Crippen LogP contribution >= 0.6 is 15.9 Å². The molecule has 0 saturated heterocycles. The average molecular weight is 336 g/mol. The first kappa shape index (κ1) is 14.5. The predicted octanol–water partition coefficient (Wildman–Crippen LogP) is 4.23. The lowest BCUT2D eigenvalue weighted by Crippen LogP contribution is -2.08. The molecule has 1 heterocycles. The van der Waals surface area contributed by atoms with Crippen molar-refractivity contribution in [2.75, 3.05) is 5.32 Å². The van der Waals surface area contributed by atoms with Crippen molar-refractivity contribution in [3.63, 3.8) is 0 Å². The number of benzene rings is 1. The van der Waals surface area contributed by atoms with Gasteiger partial charge in [-0.2, -0.15) is 0 Å². The highest BCUT2D eigenvalue weighted by Gasteiger charge is 2.10. The highest BCUT2D eigenvalue weighted by atomic mass is 79.9. The Labute approximate surface area is 125 Å². The summed E-state index contributed by atoms with van der Waals surface area (Å²) >= 11 is 3.33. The van der Waals surface area contributed by atoms with Gasteiger partial charge in [-0.05, 0) is 47.5 Å². The number of hydrogen-bond acceptors (Lipinski definition) is 4. The smallest absolute Gasteiger partial charge is 0.269 e. The van der Waals surface area contributed by atoms with E-state index in [0.717, 1.165) is 21.5 Å². The summed E-state index contributed by atoms with van der Waals surface area (Å²) in [6, 6.07) is 10.4. The summed E-state index contributed by atoms with van der Waals surface area (Å²) in [5.41, 5.74) is 2.92. The van der Waals surface area contributed by atoms with Crippen LogP contribution in [-0.2, 0) is 0 Å². The van der Waals surface area contributed by atoms with E-state index in [-0.39, 0.29) is 11.7 Å². The van der Waals surface area contributed by atoms with E-state index in [0.29, 0.717) is 0 Å². The minimum atomic E-state index is -0.398. The second-order valence-electron chi connectivity index (χ2n) is 4.48. The van der Waals surface area contributed by atoms with E-state index in [2.05, 4.69) is 26.2 Å². The molecule has 104 valence electrons. The quantitative estimate of drug-likeness (QED) is 0.515. The van der Waals surface area contributed by atoms with Gasteiger partial charge in [0.15, 0.2) is 0 Å². The Morgan fingerprint density at radius 2 is 1.90 bits per heavy atom. The van der Waals surface area contributed by atoms with E-state index >= 15 is 0 Å². The monoisotopic (exact) mass is 335 g/mol. The van der Waals surface area contributed by atoms with Gasteiger partial charge in [0.2, 0.25) is 0 Å². The first-order valence-corrected chi connectivity index (χ1v) is 6.90. The van der Waals surface area contributed by atoms with Crippen LogP contribution in [0, 0.1) is 17.0 Å². The topological polar surface area (TPSA) is 68.1 Å². The van der Waals surface area contributed by atoms with E-state index in [9.17, 15) is 10.1 Å². The van der Waals surface area contributed by atoms with Gasteiger partial charge in [-0.15, -0.1) is 0 Å². The summed E-state index contributed by atoms with van der Waals surface area (Å²) < 4.78 is 0.795. The minimum absolute atomic E-state index is 0.0393. The molecule has 0 aliphatic rings. The first-order valence-electron chi connectivity index (χ1n) is 6.11. The fraction of sp³-hybridized carbons (Fsp3) is 0.214. The van der Waals surface area contributed by atoms with Gasteiger partial charge in [0.05, 0.1) is 16.3 Å². The molecule has 1 N–H and O–H groups in total. The number of halogens is 1.